The normalized spacial score (nSPS) is 10.8. The number of amides is 1. The predicted molar refractivity (Wildman–Crippen MR) is 129 cm³/mol. The molecule has 0 unspecified atom stereocenters. The lowest BCUT2D eigenvalue weighted by Gasteiger charge is -2.11. The fraction of sp³-hybridized carbons (Fsp3) is 0.167. The van der Waals surface area contributed by atoms with E-state index in [4.69, 9.17) is 9.72 Å². The summed E-state index contributed by atoms with van der Waals surface area (Å²) in [5.74, 6) is 0.112. The number of ether oxygens (including phenoxy) is 1. The summed E-state index contributed by atoms with van der Waals surface area (Å²) in [6.07, 6.45) is 0.848. The molecule has 0 aliphatic carbocycles. The van der Waals surface area contributed by atoms with E-state index < -0.39 is 4.92 Å². The van der Waals surface area contributed by atoms with Gasteiger partial charge in [-0.3, -0.25) is 14.9 Å². The van der Waals surface area contributed by atoms with Crippen LogP contribution in [0.25, 0.3) is 11.0 Å². The molecule has 9 heteroatoms. The quantitative estimate of drug-likeness (QED) is 0.215. The van der Waals surface area contributed by atoms with E-state index >= 15 is 0 Å². The van der Waals surface area contributed by atoms with Crippen LogP contribution in [0.3, 0.4) is 0 Å². The SMILES string of the molecule is COc1cc([N+](=O)[O-])ccc1NC(=O)CSc1nc2ccccc2n1CCc1ccccc1. The number of nitrogens with one attached hydrogen (secondary N) is 1. The minimum absolute atomic E-state index is 0.105. The van der Waals surface area contributed by atoms with Crippen LogP contribution in [0.1, 0.15) is 5.56 Å². The highest BCUT2D eigenvalue weighted by Crippen LogP contribution is 2.30. The number of hydrogen-bond donors (Lipinski definition) is 1. The Bertz CT molecular complexity index is 1290. The first kappa shape index (κ1) is 22.3. The molecule has 0 atom stereocenters. The van der Waals surface area contributed by atoms with Gasteiger partial charge in [0.05, 0.1) is 40.6 Å². The number of anilines is 1. The molecule has 0 spiro atoms. The van der Waals surface area contributed by atoms with Crippen molar-refractivity contribution in [1.82, 2.24) is 9.55 Å². The Morgan fingerprint density at radius 2 is 1.88 bits per heavy atom. The molecular formula is C24H22N4O4S. The number of hydrogen-bond acceptors (Lipinski definition) is 6. The van der Waals surface area contributed by atoms with Gasteiger partial charge >= 0.3 is 0 Å². The Labute approximate surface area is 194 Å². The van der Waals surface area contributed by atoms with Crippen LogP contribution in [0.15, 0.2) is 78.0 Å². The van der Waals surface area contributed by atoms with Gasteiger partial charge in [-0.25, -0.2) is 4.98 Å². The van der Waals surface area contributed by atoms with Gasteiger partial charge in [-0.05, 0) is 30.2 Å². The molecule has 4 rings (SSSR count). The smallest absolute Gasteiger partial charge is 0.273 e. The lowest BCUT2D eigenvalue weighted by atomic mass is 10.1. The van der Waals surface area contributed by atoms with Crippen LogP contribution < -0.4 is 10.1 Å². The molecule has 168 valence electrons. The monoisotopic (exact) mass is 462 g/mol. The first-order valence-corrected chi connectivity index (χ1v) is 11.3. The van der Waals surface area contributed by atoms with Crippen LogP contribution in [-0.4, -0.2) is 33.2 Å². The molecule has 33 heavy (non-hydrogen) atoms. The van der Waals surface area contributed by atoms with Crippen molar-refractivity contribution in [2.75, 3.05) is 18.2 Å². The number of rotatable bonds is 9. The van der Waals surface area contributed by atoms with Gasteiger partial charge in [-0.2, -0.15) is 0 Å². The summed E-state index contributed by atoms with van der Waals surface area (Å²) in [4.78, 5) is 27.8. The molecule has 1 amide bonds. The predicted octanol–water partition coefficient (Wildman–Crippen LogP) is 4.93. The number of thioether (sulfide) groups is 1. The number of methoxy groups -OCH3 is 1. The average Bonchev–Trinajstić information content (AvgIpc) is 3.19. The van der Waals surface area contributed by atoms with Crippen molar-refractivity contribution in [2.45, 2.75) is 18.1 Å². The number of non-ortho nitro benzene ring substituents is 1. The standard InChI is InChI=1S/C24H22N4O4S/c1-32-22-15-18(28(30)31)11-12-20(22)25-23(29)16-33-24-26-19-9-5-6-10-21(19)27(24)14-13-17-7-3-2-4-8-17/h2-12,15H,13-14,16H2,1H3,(H,25,29). The second-order valence-corrected chi connectivity index (χ2v) is 8.19. The van der Waals surface area contributed by atoms with Gasteiger partial charge in [0.2, 0.25) is 5.91 Å². The van der Waals surface area contributed by atoms with E-state index in [2.05, 4.69) is 22.0 Å². The Kier molecular flexibility index (Phi) is 6.89. The molecule has 8 nitrogen and oxygen atoms in total. The second-order valence-electron chi connectivity index (χ2n) is 7.25. The van der Waals surface area contributed by atoms with Crippen molar-refractivity contribution in [3.8, 4) is 5.75 Å². The van der Waals surface area contributed by atoms with Gasteiger partial charge in [0.1, 0.15) is 5.75 Å². The van der Waals surface area contributed by atoms with Crippen molar-refractivity contribution in [3.63, 3.8) is 0 Å². The van der Waals surface area contributed by atoms with Crippen molar-refractivity contribution in [3.05, 3.63) is 88.5 Å². The lowest BCUT2D eigenvalue weighted by molar-refractivity contribution is -0.384. The van der Waals surface area contributed by atoms with E-state index in [1.807, 2.05) is 42.5 Å². The molecule has 0 saturated heterocycles. The maximum atomic E-state index is 12.6. The number of nitro groups is 1. The van der Waals surface area contributed by atoms with Crippen molar-refractivity contribution in [1.29, 1.82) is 0 Å². The zero-order chi connectivity index (χ0) is 23.2. The molecular weight excluding hydrogens is 440 g/mol. The summed E-state index contributed by atoms with van der Waals surface area (Å²) in [5.41, 5.74) is 3.41. The van der Waals surface area contributed by atoms with E-state index in [0.29, 0.717) is 5.69 Å². The number of nitrogens with zero attached hydrogens (tertiary/aromatic N) is 3. The summed E-state index contributed by atoms with van der Waals surface area (Å²) < 4.78 is 7.32. The summed E-state index contributed by atoms with van der Waals surface area (Å²) in [6, 6.07) is 22.2. The van der Waals surface area contributed by atoms with E-state index in [-0.39, 0.29) is 23.1 Å². The van der Waals surface area contributed by atoms with Gasteiger partial charge in [-0.15, -0.1) is 0 Å². The van der Waals surface area contributed by atoms with Crippen LogP contribution in [0.2, 0.25) is 0 Å². The third-order valence-corrected chi connectivity index (χ3v) is 6.07. The van der Waals surface area contributed by atoms with Gasteiger partial charge in [0.15, 0.2) is 5.16 Å². The first-order chi connectivity index (χ1) is 16.0. The summed E-state index contributed by atoms with van der Waals surface area (Å²) >= 11 is 1.35. The van der Waals surface area contributed by atoms with Gasteiger partial charge in [0.25, 0.3) is 5.69 Å². The lowest BCUT2D eigenvalue weighted by Crippen LogP contribution is -2.15. The number of carbonyl (C=O) groups excluding carboxylic acids is 1. The zero-order valence-electron chi connectivity index (χ0n) is 17.9. The molecule has 4 aromatic rings. The Morgan fingerprint density at radius 3 is 2.64 bits per heavy atom. The summed E-state index contributed by atoms with van der Waals surface area (Å²) in [7, 11) is 1.40. The Balaban J connectivity index is 1.47. The van der Waals surface area contributed by atoms with Crippen molar-refractivity contribution in [2.24, 2.45) is 0 Å². The fourth-order valence-corrected chi connectivity index (χ4v) is 4.32. The van der Waals surface area contributed by atoms with Crippen LogP contribution >= 0.6 is 11.8 Å². The maximum Gasteiger partial charge on any atom is 0.273 e. The van der Waals surface area contributed by atoms with E-state index in [1.54, 1.807) is 0 Å². The minimum Gasteiger partial charge on any atom is -0.494 e. The third kappa shape index (κ3) is 5.32. The number of benzene rings is 3. The number of carbonyl (C=O) groups is 1. The highest BCUT2D eigenvalue weighted by Gasteiger charge is 2.16. The van der Waals surface area contributed by atoms with Crippen LogP contribution in [0, 0.1) is 10.1 Å². The van der Waals surface area contributed by atoms with Gasteiger partial charge < -0.3 is 14.6 Å². The van der Waals surface area contributed by atoms with Gasteiger partial charge in [-0.1, -0.05) is 54.2 Å². The molecule has 0 radical (unpaired) electrons. The van der Waals surface area contributed by atoms with Gasteiger partial charge in [0, 0.05) is 12.6 Å². The van der Waals surface area contributed by atoms with Crippen molar-refractivity contribution < 1.29 is 14.5 Å². The van der Waals surface area contributed by atoms with Crippen LogP contribution in [0.4, 0.5) is 11.4 Å². The van der Waals surface area contributed by atoms with Crippen LogP contribution in [-0.2, 0) is 17.8 Å². The van der Waals surface area contributed by atoms with Crippen LogP contribution in [0.5, 0.6) is 5.75 Å². The molecule has 0 saturated carbocycles. The largest absolute Gasteiger partial charge is 0.494 e. The molecule has 0 fully saturated rings. The molecule has 1 heterocycles. The second kappa shape index (κ2) is 10.2. The molecule has 1 aromatic heterocycles. The highest BCUT2D eigenvalue weighted by molar-refractivity contribution is 7.99. The number of fused-ring (bicyclic) bond motifs is 1. The number of para-hydroxylation sites is 2. The average molecular weight is 463 g/mol. The number of imidazole rings is 1. The topological polar surface area (TPSA) is 99.3 Å². The van der Waals surface area contributed by atoms with E-state index in [1.165, 1.54) is 42.6 Å². The third-order valence-electron chi connectivity index (χ3n) is 5.09. The molecule has 0 aliphatic heterocycles. The molecule has 0 aliphatic rings. The fourth-order valence-electron chi connectivity index (χ4n) is 3.48. The Morgan fingerprint density at radius 1 is 1.12 bits per heavy atom. The summed E-state index contributed by atoms with van der Waals surface area (Å²) in [5, 5.41) is 14.5. The maximum absolute atomic E-state index is 12.6. The van der Waals surface area contributed by atoms with Crippen molar-refractivity contribution >= 4 is 40.1 Å². The first-order valence-electron chi connectivity index (χ1n) is 10.3. The van der Waals surface area contributed by atoms with E-state index in [0.717, 1.165) is 29.2 Å². The summed E-state index contributed by atoms with van der Waals surface area (Å²) in [6.45, 7) is 0.741. The molecule has 3 aromatic carbocycles. The number of aryl methyl sites for hydroxylation is 2. The minimum atomic E-state index is -0.510. The zero-order valence-corrected chi connectivity index (χ0v) is 18.7. The number of nitro benzene ring substituents is 1. The molecule has 0 bridgehead atoms. The van der Waals surface area contributed by atoms with E-state index in [9.17, 15) is 14.9 Å². The Hall–Kier alpha value is -3.85. The molecule has 1 N–H and O–H groups in total. The number of aromatic nitrogens is 2. The highest BCUT2D eigenvalue weighted by atomic mass is 32.2.